The number of aromatic nitrogens is 1. The van der Waals surface area contributed by atoms with Gasteiger partial charge in [0, 0.05) is 28.2 Å². The number of aryl methyl sites for hydroxylation is 1. The van der Waals surface area contributed by atoms with Crippen LogP contribution in [0.1, 0.15) is 48.1 Å². The first-order chi connectivity index (χ1) is 10.7. The summed E-state index contributed by atoms with van der Waals surface area (Å²) in [6.07, 6.45) is 0. The molecule has 23 heavy (non-hydrogen) atoms. The van der Waals surface area contributed by atoms with Crippen molar-refractivity contribution in [2.24, 2.45) is 0 Å². The number of benzene rings is 1. The van der Waals surface area contributed by atoms with Gasteiger partial charge in [0.1, 0.15) is 0 Å². The number of carbonyl (C=O) groups excluding carboxylic acids is 1. The van der Waals surface area contributed by atoms with Crippen LogP contribution in [-0.2, 0) is 5.54 Å². The third-order valence-electron chi connectivity index (χ3n) is 3.85. The molecule has 0 aliphatic rings. The zero-order valence-corrected chi connectivity index (χ0v) is 14.4. The van der Waals surface area contributed by atoms with Gasteiger partial charge in [0.25, 0.3) is 0 Å². The molecule has 1 aromatic carbocycles. The number of anilines is 1. The summed E-state index contributed by atoms with van der Waals surface area (Å²) in [5.41, 5.74) is 4.13. The normalized spacial score (nSPS) is 11.1. The molecule has 0 radical (unpaired) electrons. The summed E-state index contributed by atoms with van der Waals surface area (Å²) >= 11 is 0. The molecule has 0 unspecified atom stereocenters. The highest BCUT2D eigenvalue weighted by molar-refractivity contribution is 6.00. The van der Waals surface area contributed by atoms with E-state index < -0.39 is 0 Å². The number of nitriles is 1. The molecule has 0 aliphatic carbocycles. The predicted octanol–water partition coefficient (Wildman–Crippen LogP) is 4.03. The topological polar surface area (TPSA) is 57.8 Å². The Morgan fingerprint density at radius 3 is 2.52 bits per heavy atom. The second-order valence-electron chi connectivity index (χ2n) is 6.76. The van der Waals surface area contributed by atoms with E-state index in [4.69, 9.17) is 5.26 Å². The smallest absolute Gasteiger partial charge is 0.183 e. The number of nitrogens with one attached hydrogen (secondary N) is 1. The third kappa shape index (κ3) is 3.62. The first kappa shape index (κ1) is 16.8. The van der Waals surface area contributed by atoms with Gasteiger partial charge >= 0.3 is 0 Å². The van der Waals surface area contributed by atoms with Gasteiger partial charge in [0.2, 0.25) is 0 Å². The van der Waals surface area contributed by atoms with E-state index in [2.05, 4.69) is 36.7 Å². The molecule has 1 heterocycles. The zero-order chi connectivity index (χ0) is 17.2. The zero-order valence-electron chi connectivity index (χ0n) is 14.4. The van der Waals surface area contributed by atoms with E-state index in [1.165, 1.54) is 0 Å². The maximum Gasteiger partial charge on any atom is 0.183 e. The molecule has 4 nitrogen and oxygen atoms in total. The molecule has 0 aliphatic heterocycles. The molecular weight excluding hydrogens is 286 g/mol. The highest BCUT2D eigenvalue weighted by atomic mass is 16.1. The summed E-state index contributed by atoms with van der Waals surface area (Å²) in [6, 6.07) is 11.2. The molecule has 0 saturated heterocycles. The molecule has 0 spiro atoms. The molecule has 2 aromatic rings. The lowest BCUT2D eigenvalue weighted by atomic mass is 10.1. The van der Waals surface area contributed by atoms with Crippen molar-refractivity contribution in [3.05, 3.63) is 52.8 Å². The molecule has 4 heteroatoms. The second kappa shape index (κ2) is 6.29. The molecule has 1 aromatic heterocycles. The maximum absolute atomic E-state index is 12.5. The quantitative estimate of drug-likeness (QED) is 0.868. The van der Waals surface area contributed by atoms with Gasteiger partial charge in [0.05, 0.1) is 18.2 Å². The second-order valence-corrected chi connectivity index (χ2v) is 6.76. The molecule has 0 amide bonds. The highest BCUT2D eigenvalue weighted by Crippen LogP contribution is 2.24. The largest absolute Gasteiger partial charge is 0.378 e. The Kier molecular flexibility index (Phi) is 4.60. The van der Waals surface area contributed by atoms with Gasteiger partial charge in [-0.2, -0.15) is 5.26 Å². The lowest BCUT2D eigenvalue weighted by Crippen LogP contribution is -2.24. The Morgan fingerprint density at radius 1 is 1.26 bits per heavy atom. The minimum atomic E-state index is -0.0543. The fourth-order valence-corrected chi connectivity index (χ4v) is 3.05. The van der Waals surface area contributed by atoms with Crippen molar-refractivity contribution in [1.29, 1.82) is 5.26 Å². The number of ketones is 1. The molecule has 120 valence electrons. The van der Waals surface area contributed by atoms with Gasteiger partial charge in [-0.15, -0.1) is 0 Å². The Hall–Kier alpha value is -2.54. The molecule has 2 rings (SSSR count). The number of nitrogens with zero attached hydrogens (tertiary/aromatic N) is 2. The average molecular weight is 309 g/mol. The van der Waals surface area contributed by atoms with Gasteiger partial charge in [0.15, 0.2) is 5.78 Å². The summed E-state index contributed by atoms with van der Waals surface area (Å²) in [7, 11) is 0. The molecule has 1 N–H and O–H groups in total. The fraction of sp³-hybridized carbons (Fsp3) is 0.368. The third-order valence-corrected chi connectivity index (χ3v) is 3.85. The van der Waals surface area contributed by atoms with Crippen molar-refractivity contribution < 1.29 is 4.79 Å². The van der Waals surface area contributed by atoms with Crippen LogP contribution in [0.3, 0.4) is 0 Å². The molecule has 0 fully saturated rings. The Labute approximate surface area is 137 Å². The minimum absolute atomic E-state index is 0.0518. The molecule has 0 saturated carbocycles. The van der Waals surface area contributed by atoms with Crippen LogP contribution in [0.2, 0.25) is 0 Å². The van der Waals surface area contributed by atoms with E-state index in [-0.39, 0.29) is 17.9 Å². The van der Waals surface area contributed by atoms with Crippen molar-refractivity contribution in [3.8, 4) is 6.07 Å². The summed E-state index contributed by atoms with van der Waals surface area (Å²) in [6.45, 7) is 10.6. The number of rotatable bonds is 4. The summed E-state index contributed by atoms with van der Waals surface area (Å²) in [5.74, 6) is 0.0518. The van der Waals surface area contributed by atoms with E-state index in [0.717, 1.165) is 22.6 Å². The Balaban J connectivity index is 2.17. The van der Waals surface area contributed by atoms with E-state index >= 15 is 0 Å². The van der Waals surface area contributed by atoms with Gasteiger partial charge in [-0.3, -0.25) is 4.79 Å². The lowest BCUT2D eigenvalue weighted by Gasteiger charge is -2.25. The first-order valence-electron chi connectivity index (χ1n) is 7.70. The van der Waals surface area contributed by atoms with Crippen LogP contribution in [0, 0.1) is 25.2 Å². The highest BCUT2D eigenvalue weighted by Gasteiger charge is 2.22. The maximum atomic E-state index is 12.5. The van der Waals surface area contributed by atoms with Crippen LogP contribution < -0.4 is 5.32 Å². The predicted molar refractivity (Wildman–Crippen MR) is 92.9 cm³/mol. The molecular formula is C19H23N3O. The number of carbonyl (C=O) groups is 1. The number of Topliss-reactive ketones (excluding diaryl/α,β-unsaturated/α-hetero) is 1. The van der Waals surface area contributed by atoms with Crippen molar-refractivity contribution in [3.63, 3.8) is 0 Å². The molecule has 0 bridgehead atoms. The van der Waals surface area contributed by atoms with Crippen LogP contribution in [0.15, 0.2) is 30.3 Å². The van der Waals surface area contributed by atoms with Crippen LogP contribution >= 0.6 is 0 Å². The van der Waals surface area contributed by atoms with Crippen molar-refractivity contribution in [2.75, 3.05) is 11.9 Å². The van der Waals surface area contributed by atoms with Gasteiger partial charge in [-0.25, -0.2) is 0 Å². The van der Waals surface area contributed by atoms with Crippen LogP contribution in [0.5, 0.6) is 0 Å². The van der Waals surface area contributed by atoms with Gasteiger partial charge < -0.3 is 9.88 Å². The SMILES string of the molecule is Cc1cc(C(=O)CNc2cccc(C#N)c2)c(C)n1C(C)(C)C. The van der Waals surface area contributed by atoms with Crippen molar-refractivity contribution in [1.82, 2.24) is 4.57 Å². The van der Waals surface area contributed by atoms with Crippen LogP contribution in [0.25, 0.3) is 0 Å². The van der Waals surface area contributed by atoms with E-state index in [1.54, 1.807) is 18.2 Å². The van der Waals surface area contributed by atoms with Gasteiger partial charge in [-0.05, 0) is 58.9 Å². The Bertz CT molecular complexity index is 773. The standard InChI is InChI=1S/C19H23N3O/c1-13-9-17(14(2)22(13)19(3,4)5)18(23)12-21-16-8-6-7-15(10-16)11-20/h6-10,21H,12H2,1-5H3. The summed E-state index contributed by atoms with van der Waals surface area (Å²) < 4.78 is 2.19. The van der Waals surface area contributed by atoms with E-state index in [9.17, 15) is 4.79 Å². The van der Waals surface area contributed by atoms with Gasteiger partial charge in [-0.1, -0.05) is 6.07 Å². The summed E-state index contributed by atoms with van der Waals surface area (Å²) in [5, 5.41) is 12.0. The van der Waals surface area contributed by atoms with Crippen LogP contribution in [-0.4, -0.2) is 16.9 Å². The summed E-state index contributed by atoms with van der Waals surface area (Å²) in [4.78, 5) is 12.5. The fourth-order valence-electron chi connectivity index (χ4n) is 3.05. The van der Waals surface area contributed by atoms with Crippen molar-refractivity contribution in [2.45, 2.75) is 40.2 Å². The average Bonchev–Trinajstić information content (AvgIpc) is 2.79. The number of hydrogen-bond donors (Lipinski definition) is 1. The van der Waals surface area contributed by atoms with E-state index in [0.29, 0.717) is 5.56 Å². The first-order valence-corrected chi connectivity index (χ1v) is 7.70. The lowest BCUT2D eigenvalue weighted by molar-refractivity contribution is 0.100. The minimum Gasteiger partial charge on any atom is -0.378 e. The van der Waals surface area contributed by atoms with E-state index in [1.807, 2.05) is 26.0 Å². The monoisotopic (exact) mass is 309 g/mol. The van der Waals surface area contributed by atoms with Crippen LogP contribution in [0.4, 0.5) is 5.69 Å². The number of hydrogen-bond acceptors (Lipinski definition) is 3. The van der Waals surface area contributed by atoms with Crippen molar-refractivity contribution >= 4 is 11.5 Å². The Morgan fingerprint density at radius 2 is 1.96 bits per heavy atom. The molecule has 0 atom stereocenters.